The van der Waals surface area contributed by atoms with E-state index in [1.165, 1.54) is 0 Å². The first-order valence-corrected chi connectivity index (χ1v) is 5.61. The van der Waals surface area contributed by atoms with E-state index in [1.807, 2.05) is 0 Å². The monoisotopic (exact) mass is 219 g/mol. The maximum Gasteiger partial charge on any atom is 0.0638 e. The Balaban J connectivity index is 3.21. The zero-order valence-electron chi connectivity index (χ0n) is 10.2. The lowest BCUT2D eigenvalue weighted by atomic mass is 10.1. The summed E-state index contributed by atoms with van der Waals surface area (Å²) in [5.74, 6) is 0.691. The van der Waals surface area contributed by atoms with Crippen LogP contribution in [0.25, 0.3) is 0 Å². The van der Waals surface area contributed by atoms with Gasteiger partial charge in [-0.15, -0.1) is 0 Å². The number of methoxy groups -OCH3 is 1. The molecule has 15 heavy (non-hydrogen) atoms. The molecule has 0 spiro atoms. The molecule has 0 aromatic carbocycles. The quantitative estimate of drug-likeness (QED) is 0.530. The molecule has 1 atom stereocenters. The van der Waals surface area contributed by atoms with E-state index in [4.69, 9.17) is 14.6 Å². The number of ether oxygens (including phenoxy) is 2. The van der Waals surface area contributed by atoms with E-state index in [0.717, 1.165) is 19.6 Å². The molecule has 4 nitrogen and oxygen atoms in total. The van der Waals surface area contributed by atoms with Gasteiger partial charge in [-0.05, 0) is 12.3 Å². The Labute approximate surface area is 93.0 Å². The fourth-order valence-electron chi connectivity index (χ4n) is 1.13. The predicted octanol–water partition coefficient (Wildman–Crippen LogP) is 0.646. The van der Waals surface area contributed by atoms with Gasteiger partial charge < -0.3 is 19.9 Å². The molecule has 0 rings (SSSR count). The summed E-state index contributed by atoms with van der Waals surface area (Å²) in [5.41, 5.74) is 0. The molecule has 0 aromatic rings. The Bertz CT molecular complexity index is 131. The minimum atomic E-state index is 0.0173. The molecule has 0 aromatic heterocycles. The summed E-state index contributed by atoms with van der Waals surface area (Å²) in [7, 11) is 1.63. The van der Waals surface area contributed by atoms with Crippen molar-refractivity contribution >= 4 is 0 Å². The van der Waals surface area contributed by atoms with E-state index in [1.54, 1.807) is 7.11 Å². The number of nitrogens with one attached hydrogen (secondary N) is 1. The van der Waals surface area contributed by atoms with Crippen LogP contribution in [0.2, 0.25) is 0 Å². The molecule has 4 heteroatoms. The Kier molecular flexibility index (Phi) is 10.3. The molecular formula is C11H25NO3. The van der Waals surface area contributed by atoms with Crippen LogP contribution < -0.4 is 5.32 Å². The second-order valence-corrected chi connectivity index (χ2v) is 4.08. The summed E-state index contributed by atoms with van der Waals surface area (Å²) < 4.78 is 10.4. The highest BCUT2D eigenvalue weighted by atomic mass is 16.5. The molecule has 0 aliphatic carbocycles. The van der Waals surface area contributed by atoms with Gasteiger partial charge in [-0.2, -0.15) is 0 Å². The van der Waals surface area contributed by atoms with Crippen molar-refractivity contribution in [3.63, 3.8) is 0 Å². The number of aliphatic hydroxyl groups is 1. The standard InChI is InChI=1S/C11H25NO3/c1-10(2)4-6-15-7-5-12-11(8-13)9-14-3/h10-13H,4-9H2,1-3H3. The summed E-state index contributed by atoms with van der Waals surface area (Å²) in [6.07, 6.45) is 1.10. The van der Waals surface area contributed by atoms with E-state index in [0.29, 0.717) is 19.1 Å². The molecule has 0 radical (unpaired) electrons. The van der Waals surface area contributed by atoms with E-state index < -0.39 is 0 Å². The van der Waals surface area contributed by atoms with Crippen molar-refractivity contribution < 1.29 is 14.6 Å². The number of hydrogen-bond donors (Lipinski definition) is 2. The zero-order valence-corrected chi connectivity index (χ0v) is 10.2. The molecule has 0 saturated carbocycles. The number of aliphatic hydroxyl groups excluding tert-OH is 1. The first-order chi connectivity index (χ1) is 7.20. The summed E-state index contributed by atoms with van der Waals surface area (Å²) >= 11 is 0. The topological polar surface area (TPSA) is 50.7 Å². The minimum Gasteiger partial charge on any atom is -0.395 e. The average Bonchev–Trinajstić information content (AvgIpc) is 2.21. The van der Waals surface area contributed by atoms with Gasteiger partial charge >= 0.3 is 0 Å². The normalized spacial score (nSPS) is 13.4. The van der Waals surface area contributed by atoms with Gasteiger partial charge in [0.1, 0.15) is 0 Å². The van der Waals surface area contributed by atoms with Crippen molar-refractivity contribution in [1.82, 2.24) is 5.32 Å². The van der Waals surface area contributed by atoms with Crippen molar-refractivity contribution in [2.75, 3.05) is 40.1 Å². The molecule has 0 aliphatic rings. The maximum absolute atomic E-state index is 8.95. The van der Waals surface area contributed by atoms with E-state index >= 15 is 0 Å². The lowest BCUT2D eigenvalue weighted by molar-refractivity contribution is 0.102. The van der Waals surface area contributed by atoms with Crippen molar-refractivity contribution in [2.24, 2.45) is 5.92 Å². The van der Waals surface area contributed by atoms with Crippen LogP contribution in [0.15, 0.2) is 0 Å². The largest absolute Gasteiger partial charge is 0.395 e. The minimum absolute atomic E-state index is 0.0173. The molecule has 0 heterocycles. The third-order valence-corrected chi connectivity index (χ3v) is 2.11. The molecule has 1 unspecified atom stereocenters. The third-order valence-electron chi connectivity index (χ3n) is 2.11. The van der Waals surface area contributed by atoms with Crippen LogP contribution in [-0.4, -0.2) is 51.2 Å². The fourth-order valence-corrected chi connectivity index (χ4v) is 1.13. The smallest absolute Gasteiger partial charge is 0.0638 e. The van der Waals surface area contributed by atoms with E-state index in [9.17, 15) is 0 Å². The van der Waals surface area contributed by atoms with Crippen LogP contribution in [0, 0.1) is 5.92 Å². The summed E-state index contributed by atoms with van der Waals surface area (Å²) in [4.78, 5) is 0. The molecule has 0 fully saturated rings. The van der Waals surface area contributed by atoms with E-state index in [-0.39, 0.29) is 12.6 Å². The number of rotatable bonds is 10. The van der Waals surface area contributed by atoms with Crippen LogP contribution in [0.1, 0.15) is 20.3 Å². The second kappa shape index (κ2) is 10.4. The SMILES string of the molecule is COCC(CO)NCCOCCC(C)C. The van der Waals surface area contributed by atoms with Gasteiger partial charge in [0.2, 0.25) is 0 Å². The van der Waals surface area contributed by atoms with Crippen molar-refractivity contribution in [1.29, 1.82) is 0 Å². The van der Waals surface area contributed by atoms with Gasteiger partial charge in [-0.3, -0.25) is 0 Å². The molecule has 2 N–H and O–H groups in total. The van der Waals surface area contributed by atoms with Crippen LogP contribution in [-0.2, 0) is 9.47 Å². The fraction of sp³-hybridized carbons (Fsp3) is 1.00. The zero-order chi connectivity index (χ0) is 11.5. The van der Waals surface area contributed by atoms with Gasteiger partial charge in [-0.1, -0.05) is 13.8 Å². The van der Waals surface area contributed by atoms with Crippen molar-refractivity contribution in [2.45, 2.75) is 26.3 Å². The first-order valence-electron chi connectivity index (χ1n) is 5.61. The summed E-state index contributed by atoms with van der Waals surface area (Å²) in [6, 6.07) is 0.0173. The van der Waals surface area contributed by atoms with Crippen molar-refractivity contribution in [3.8, 4) is 0 Å². The first kappa shape index (κ1) is 14.8. The van der Waals surface area contributed by atoms with Crippen LogP contribution in [0.5, 0.6) is 0 Å². The van der Waals surface area contributed by atoms with Crippen molar-refractivity contribution in [3.05, 3.63) is 0 Å². The highest BCUT2D eigenvalue weighted by molar-refractivity contribution is 4.63. The van der Waals surface area contributed by atoms with Gasteiger partial charge in [0.15, 0.2) is 0 Å². The highest BCUT2D eigenvalue weighted by Gasteiger charge is 2.04. The molecular weight excluding hydrogens is 194 g/mol. The van der Waals surface area contributed by atoms with Gasteiger partial charge in [0.05, 0.1) is 25.9 Å². The van der Waals surface area contributed by atoms with Crippen LogP contribution >= 0.6 is 0 Å². The third kappa shape index (κ3) is 10.1. The van der Waals surface area contributed by atoms with Gasteiger partial charge in [-0.25, -0.2) is 0 Å². The molecule has 0 saturated heterocycles. The Hall–Kier alpha value is -0.160. The van der Waals surface area contributed by atoms with Crippen LogP contribution in [0.4, 0.5) is 0 Å². The highest BCUT2D eigenvalue weighted by Crippen LogP contribution is 1.98. The molecule has 0 aliphatic heterocycles. The average molecular weight is 219 g/mol. The lowest BCUT2D eigenvalue weighted by Gasteiger charge is -2.15. The van der Waals surface area contributed by atoms with E-state index in [2.05, 4.69) is 19.2 Å². The summed E-state index contributed by atoms with van der Waals surface area (Å²) in [6.45, 7) is 7.25. The predicted molar refractivity (Wildman–Crippen MR) is 61.0 cm³/mol. The Morgan fingerprint density at radius 3 is 2.53 bits per heavy atom. The molecule has 0 bridgehead atoms. The summed E-state index contributed by atoms with van der Waals surface area (Å²) in [5, 5.41) is 12.1. The Morgan fingerprint density at radius 1 is 1.27 bits per heavy atom. The van der Waals surface area contributed by atoms with Crippen LogP contribution in [0.3, 0.4) is 0 Å². The number of hydrogen-bond acceptors (Lipinski definition) is 4. The lowest BCUT2D eigenvalue weighted by Crippen LogP contribution is -2.38. The molecule has 92 valence electrons. The van der Waals surface area contributed by atoms with Gasteiger partial charge in [0.25, 0.3) is 0 Å². The Morgan fingerprint density at radius 2 is 2.00 bits per heavy atom. The van der Waals surface area contributed by atoms with Gasteiger partial charge in [0, 0.05) is 20.3 Å². The molecule has 0 amide bonds. The maximum atomic E-state index is 8.95. The second-order valence-electron chi connectivity index (χ2n) is 4.08.